The molecule has 2 rings (SSSR count). The Morgan fingerprint density at radius 3 is 3.00 bits per heavy atom. The lowest BCUT2D eigenvalue weighted by molar-refractivity contribution is 0.0527. The Balaban J connectivity index is 2.08. The van der Waals surface area contributed by atoms with Crippen molar-refractivity contribution in [1.82, 2.24) is 0 Å². The van der Waals surface area contributed by atoms with Crippen molar-refractivity contribution in [2.45, 2.75) is 31.7 Å². The van der Waals surface area contributed by atoms with E-state index >= 15 is 0 Å². The highest BCUT2D eigenvalue weighted by Gasteiger charge is 2.20. The van der Waals surface area contributed by atoms with E-state index < -0.39 is 0 Å². The topological polar surface area (TPSA) is 12.5 Å². The van der Waals surface area contributed by atoms with Crippen molar-refractivity contribution in [3.05, 3.63) is 28.2 Å². The van der Waals surface area contributed by atoms with E-state index in [9.17, 15) is 0 Å². The Kier molecular flexibility index (Phi) is 5.34. The van der Waals surface area contributed by atoms with Crippen LogP contribution in [0, 0.1) is 0 Å². The average Bonchev–Trinajstić information content (AvgIpc) is 2.39. The van der Waals surface area contributed by atoms with Crippen LogP contribution in [0.15, 0.2) is 22.7 Å². The molecule has 18 heavy (non-hydrogen) atoms. The first-order valence-corrected chi connectivity index (χ1v) is 7.78. The number of ether oxygens (including phenoxy) is 1. The van der Waals surface area contributed by atoms with Crippen LogP contribution in [0.5, 0.6) is 0 Å². The van der Waals surface area contributed by atoms with Gasteiger partial charge in [0.25, 0.3) is 0 Å². The Morgan fingerprint density at radius 1 is 1.50 bits per heavy atom. The fourth-order valence-corrected chi connectivity index (χ4v) is 3.29. The third-order valence-electron chi connectivity index (χ3n) is 3.33. The van der Waals surface area contributed by atoms with Crippen LogP contribution in [0.3, 0.4) is 0 Å². The molecule has 100 valence electrons. The van der Waals surface area contributed by atoms with Gasteiger partial charge in [0.15, 0.2) is 0 Å². The van der Waals surface area contributed by atoms with Gasteiger partial charge in [0.1, 0.15) is 0 Å². The van der Waals surface area contributed by atoms with Crippen LogP contribution >= 0.6 is 27.5 Å². The largest absolute Gasteiger partial charge is 0.377 e. The lowest BCUT2D eigenvalue weighted by Crippen LogP contribution is -2.39. The molecule has 1 aliphatic heterocycles. The summed E-state index contributed by atoms with van der Waals surface area (Å²) in [5.74, 6) is 0.544. The van der Waals surface area contributed by atoms with Gasteiger partial charge in [-0.2, -0.15) is 0 Å². The van der Waals surface area contributed by atoms with Gasteiger partial charge >= 0.3 is 0 Å². The number of piperidine rings is 1. The first-order chi connectivity index (χ1) is 8.74. The third-order valence-corrected chi connectivity index (χ3v) is 4.35. The van der Waals surface area contributed by atoms with Gasteiger partial charge in [0.05, 0.1) is 6.10 Å². The summed E-state index contributed by atoms with van der Waals surface area (Å²) in [6.45, 7) is 4.95. The Bertz CT molecular complexity index is 397. The zero-order valence-electron chi connectivity index (χ0n) is 10.7. The molecule has 1 heterocycles. The van der Waals surface area contributed by atoms with Crippen molar-refractivity contribution in [3.63, 3.8) is 0 Å². The van der Waals surface area contributed by atoms with Crippen molar-refractivity contribution in [2.24, 2.45) is 0 Å². The van der Waals surface area contributed by atoms with E-state index in [0.717, 1.165) is 29.7 Å². The zero-order valence-corrected chi connectivity index (χ0v) is 13.0. The Labute approximate surface area is 122 Å². The number of halogens is 2. The standard InChI is InChI=1S/C14H19BrClNO/c1-2-18-13-4-3-7-17(10-13)12-6-5-11(9-16)14(15)8-12/h5-6,8,13H,2-4,7,9-10H2,1H3. The van der Waals surface area contributed by atoms with E-state index in [1.54, 1.807) is 0 Å². The molecule has 0 aliphatic carbocycles. The lowest BCUT2D eigenvalue weighted by atomic mass is 10.1. The SMILES string of the molecule is CCOC1CCCN(c2ccc(CCl)c(Br)c2)C1. The van der Waals surface area contributed by atoms with E-state index in [0.29, 0.717) is 12.0 Å². The van der Waals surface area contributed by atoms with Crippen LogP contribution in [-0.4, -0.2) is 25.8 Å². The number of nitrogens with zero attached hydrogens (tertiary/aromatic N) is 1. The summed E-state index contributed by atoms with van der Waals surface area (Å²) in [6, 6.07) is 6.40. The maximum atomic E-state index is 5.87. The van der Waals surface area contributed by atoms with Gasteiger partial charge in [0.2, 0.25) is 0 Å². The predicted molar refractivity (Wildman–Crippen MR) is 80.6 cm³/mol. The van der Waals surface area contributed by atoms with Crippen molar-refractivity contribution in [1.29, 1.82) is 0 Å². The maximum Gasteiger partial charge on any atom is 0.0750 e. The van der Waals surface area contributed by atoms with Crippen molar-refractivity contribution < 1.29 is 4.74 Å². The van der Waals surface area contributed by atoms with Gasteiger partial charge in [-0.25, -0.2) is 0 Å². The number of hydrogen-bond acceptors (Lipinski definition) is 2. The predicted octanol–water partition coefficient (Wildman–Crippen LogP) is 4.19. The quantitative estimate of drug-likeness (QED) is 0.766. The monoisotopic (exact) mass is 331 g/mol. The Morgan fingerprint density at radius 2 is 2.33 bits per heavy atom. The summed E-state index contributed by atoms with van der Waals surface area (Å²) in [6.07, 6.45) is 2.74. The molecule has 2 nitrogen and oxygen atoms in total. The normalized spacial score (nSPS) is 20.2. The summed E-state index contributed by atoms with van der Waals surface area (Å²) in [4.78, 5) is 2.40. The van der Waals surface area contributed by atoms with Crippen molar-refractivity contribution in [2.75, 3.05) is 24.6 Å². The van der Waals surface area contributed by atoms with Crippen LogP contribution in [0.4, 0.5) is 5.69 Å². The molecule has 0 amide bonds. The molecular formula is C14H19BrClNO. The van der Waals surface area contributed by atoms with Gasteiger partial charge in [-0.1, -0.05) is 22.0 Å². The molecule has 0 saturated carbocycles. The van der Waals surface area contributed by atoms with Gasteiger partial charge in [-0.3, -0.25) is 0 Å². The minimum Gasteiger partial charge on any atom is -0.377 e. The summed E-state index contributed by atoms with van der Waals surface area (Å²) >= 11 is 9.45. The number of anilines is 1. The van der Waals surface area contributed by atoms with Crippen LogP contribution in [0.2, 0.25) is 0 Å². The second-order valence-electron chi connectivity index (χ2n) is 4.57. The molecule has 0 spiro atoms. The van der Waals surface area contributed by atoms with Crippen LogP contribution in [0.25, 0.3) is 0 Å². The van der Waals surface area contributed by atoms with Gasteiger partial charge in [-0.15, -0.1) is 11.6 Å². The average molecular weight is 333 g/mol. The van der Waals surface area contributed by atoms with E-state index in [1.165, 1.54) is 18.5 Å². The maximum absolute atomic E-state index is 5.87. The minimum atomic E-state index is 0.371. The van der Waals surface area contributed by atoms with E-state index in [4.69, 9.17) is 16.3 Å². The number of benzene rings is 1. The molecule has 1 aromatic rings. The molecule has 0 N–H and O–H groups in total. The molecular weight excluding hydrogens is 314 g/mol. The smallest absolute Gasteiger partial charge is 0.0750 e. The van der Waals surface area contributed by atoms with Gasteiger partial charge < -0.3 is 9.64 Å². The van der Waals surface area contributed by atoms with E-state index in [1.807, 2.05) is 0 Å². The van der Waals surface area contributed by atoms with Crippen molar-refractivity contribution in [3.8, 4) is 0 Å². The van der Waals surface area contributed by atoms with E-state index in [2.05, 4.69) is 46.0 Å². The third kappa shape index (κ3) is 3.40. The van der Waals surface area contributed by atoms with Crippen LogP contribution in [0.1, 0.15) is 25.3 Å². The van der Waals surface area contributed by atoms with Crippen LogP contribution < -0.4 is 4.90 Å². The molecule has 0 radical (unpaired) electrons. The summed E-state index contributed by atoms with van der Waals surface area (Å²) in [5, 5.41) is 0. The second-order valence-corrected chi connectivity index (χ2v) is 5.70. The minimum absolute atomic E-state index is 0.371. The van der Waals surface area contributed by atoms with Gasteiger partial charge in [0, 0.05) is 35.7 Å². The highest BCUT2D eigenvalue weighted by molar-refractivity contribution is 9.10. The molecule has 1 aliphatic rings. The van der Waals surface area contributed by atoms with Crippen molar-refractivity contribution >= 4 is 33.2 Å². The van der Waals surface area contributed by atoms with Crippen LogP contribution in [-0.2, 0) is 10.6 Å². The zero-order chi connectivity index (χ0) is 13.0. The second kappa shape index (κ2) is 6.78. The molecule has 1 atom stereocenters. The summed E-state index contributed by atoms with van der Waals surface area (Å²) in [7, 11) is 0. The molecule has 1 aromatic carbocycles. The first kappa shape index (κ1) is 14.2. The number of hydrogen-bond donors (Lipinski definition) is 0. The molecule has 1 unspecified atom stereocenters. The highest BCUT2D eigenvalue weighted by atomic mass is 79.9. The fourth-order valence-electron chi connectivity index (χ4n) is 2.39. The molecule has 1 fully saturated rings. The number of alkyl halides is 1. The lowest BCUT2D eigenvalue weighted by Gasteiger charge is -2.34. The number of rotatable bonds is 4. The van der Waals surface area contributed by atoms with E-state index in [-0.39, 0.29) is 0 Å². The molecule has 0 aromatic heterocycles. The summed E-state index contributed by atoms with van der Waals surface area (Å²) < 4.78 is 6.83. The van der Waals surface area contributed by atoms with Gasteiger partial charge in [-0.05, 0) is 37.5 Å². The Hall–Kier alpha value is -0.250. The molecule has 1 saturated heterocycles. The summed E-state index contributed by atoms with van der Waals surface area (Å²) in [5.41, 5.74) is 2.39. The first-order valence-electron chi connectivity index (χ1n) is 6.45. The highest BCUT2D eigenvalue weighted by Crippen LogP contribution is 2.27. The molecule has 4 heteroatoms. The molecule has 0 bridgehead atoms. The fraction of sp³-hybridized carbons (Fsp3) is 0.571.